The first-order valence-corrected chi connectivity index (χ1v) is 11.2. The van der Waals surface area contributed by atoms with Crippen LogP contribution in [-0.4, -0.2) is 94.0 Å². The van der Waals surface area contributed by atoms with E-state index in [4.69, 9.17) is 9.84 Å². The molecule has 9 heteroatoms. The van der Waals surface area contributed by atoms with Gasteiger partial charge in [-0.25, -0.2) is 0 Å². The Hall–Kier alpha value is -2.26. The van der Waals surface area contributed by atoms with E-state index in [-0.39, 0.29) is 12.0 Å². The fourth-order valence-electron chi connectivity index (χ4n) is 4.94. The topological polar surface area (TPSA) is 79.1 Å². The number of nitrogens with zero attached hydrogens (tertiary/aromatic N) is 7. The smallest absolute Gasteiger partial charge is 0.219 e. The minimum atomic E-state index is 0.109. The fraction of sp³-hybridized carbons (Fsp3) is 0.714. The third-order valence-corrected chi connectivity index (χ3v) is 6.70. The summed E-state index contributed by atoms with van der Waals surface area (Å²) in [5, 5.41) is 13.7. The van der Waals surface area contributed by atoms with Crippen LogP contribution < -0.4 is 4.90 Å². The molecular weight excluding hydrogens is 382 g/mol. The second-order valence-corrected chi connectivity index (χ2v) is 8.75. The van der Waals surface area contributed by atoms with E-state index >= 15 is 0 Å². The molecule has 0 bridgehead atoms. The molecular formula is C21H31N7O2. The van der Waals surface area contributed by atoms with Crippen molar-refractivity contribution in [3.63, 3.8) is 0 Å². The summed E-state index contributed by atoms with van der Waals surface area (Å²) in [5.74, 6) is 2.53. The third kappa shape index (κ3) is 4.00. The maximum absolute atomic E-state index is 11.7. The molecule has 5 heterocycles. The Morgan fingerprint density at radius 2 is 1.90 bits per heavy atom. The van der Waals surface area contributed by atoms with Crippen LogP contribution in [0.2, 0.25) is 0 Å². The quantitative estimate of drug-likeness (QED) is 0.744. The first kappa shape index (κ1) is 19.7. The lowest BCUT2D eigenvalue weighted by Gasteiger charge is -2.37. The molecule has 0 saturated carbocycles. The van der Waals surface area contributed by atoms with Crippen molar-refractivity contribution in [2.75, 3.05) is 57.3 Å². The lowest BCUT2D eigenvalue weighted by atomic mass is 9.96. The number of fused-ring (bicyclic) bond motifs is 1. The van der Waals surface area contributed by atoms with E-state index in [1.54, 1.807) is 6.92 Å². The molecule has 30 heavy (non-hydrogen) atoms. The molecule has 0 radical (unpaired) electrons. The molecule has 5 rings (SSSR count). The molecule has 1 amide bonds. The Labute approximate surface area is 177 Å². The zero-order chi connectivity index (χ0) is 20.5. The molecule has 1 unspecified atom stereocenters. The number of carbonyl (C=O) groups is 1. The van der Waals surface area contributed by atoms with Crippen LogP contribution in [0.3, 0.4) is 0 Å². The van der Waals surface area contributed by atoms with Gasteiger partial charge in [0.15, 0.2) is 11.5 Å². The largest absolute Gasteiger partial charge is 0.373 e. The number of piperidine rings is 1. The van der Waals surface area contributed by atoms with E-state index < -0.39 is 0 Å². The first-order valence-electron chi connectivity index (χ1n) is 11.2. The van der Waals surface area contributed by atoms with Crippen LogP contribution in [0.1, 0.15) is 44.3 Å². The lowest BCUT2D eigenvalue weighted by Crippen LogP contribution is -2.50. The van der Waals surface area contributed by atoms with Crippen LogP contribution in [0.4, 0.5) is 5.82 Å². The van der Waals surface area contributed by atoms with E-state index in [9.17, 15) is 4.79 Å². The predicted octanol–water partition coefficient (Wildman–Crippen LogP) is 1.15. The molecule has 9 nitrogen and oxygen atoms in total. The van der Waals surface area contributed by atoms with Crippen molar-refractivity contribution in [3.05, 3.63) is 18.0 Å². The number of amides is 1. The highest BCUT2D eigenvalue weighted by molar-refractivity contribution is 5.73. The standard InChI is InChI=1S/C21H31N7O2/c1-16(29)27-12-13-30-18(15-27)14-25-10-6-17(7-11-25)21-23-22-19-4-5-20(24-28(19)21)26-8-2-3-9-26/h4-5,17-18H,2-3,6-15H2,1H3. The maximum atomic E-state index is 11.7. The summed E-state index contributed by atoms with van der Waals surface area (Å²) >= 11 is 0. The summed E-state index contributed by atoms with van der Waals surface area (Å²) < 4.78 is 7.86. The van der Waals surface area contributed by atoms with Gasteiger partial charge in [0, 0.05) is 45.6 Å². The number of morpholine rings is 1. The van der Waals surface area contributed by atoms with Crippen molar-refractivity contribution >= 4 is 17.4 Å². The molecule has 2 aromatic heterocycles. The van der Waals surface area contributed by atoms with Gasteiger partial charge in [-0.05, 0) is 50.9 Å². The van der Waals surface area contributed by atoms with Gasteiger partial charge in [-0.3, -0.25) is 4.79 Å². The summed E-state index contributed by atoms with van der Waals surface area (Å²) in [5.41, 5.74) is 0.829. The van der Waals surface area contributed by atoms with E-state index in [1.807, 2.05) is 15.5 Å². The van der Waals surface area contributed by atoms with Gasteiger partial charge in [0.1, 0.15) is 5.82 Å². The molecule has 0 aromatic carbocycles. The highest BCUT2D eigenvalue weighted by atomic mass is 16.5. The van der Waals surface area contributed by atoms with Crippen molar-refractivity contribution < 1.29 is 9.53 Å². The van der Waals surface area contributed by atoms with Gasteiger partial charge in [-0.15, -0.1) is 15.3 Å². The second kappa shape index (κ2) is 8.47. The minimum Gasteiger partial charge on any atom is -0.373 e. The SMILES string of the molecule is CC(=O)N1CCOC(CN2CCC(c3nnc4ccc(N5CCCC5)nn34)CC2)C1. The highest BCUT2D eigenvalue weighted by Crippen LogP contribution is 2.28. The number of carbonyl (C=O) groups excluding carboxylic acids is 1. The van der Waals surface area contributed by atoms with Gasteiger partial charge in [0.25, 0.3) is 0 Å². The van der Waals surface area contributed by atoms with Crippen molar-refractivity contribution in [1.82, 2.24) is 29.6 Å². The van der Waals surface area contributed by atoms with Crippen LogP contribution >= 0.6 is 0 Å². The van der Waals surface area contributed by atoms with Crippen LogP contribution in [0.15, 0.2) is 12.1 Å². The summed E-state index contributed by atoms with van der Waals surface area (Å²) in [6.07, 6.45) is 4.67. The molecule has 0 N–H and O–H groups in total. The van der Waals surface area contributed by atoms with Crippen LogP contribution in [0, 0.1) is 0 Å². The Morgan fingerprint density at radius 1 is 1.10 bits per heavy atom. The Bertz CT molecular complexity index is 887. The average Bonchev–Trinajstić information content (AvgIpc) is 3.44. The fourth-order valence-corrected chi connectivity index (χ4v) is 4.94. The van der Waals surface area contributed by atoms with Gasteiger partial charge >= 0.3 is 0 Å². The zero-order valence-electron chi connectivity index (χ0n) is 17.7. The second-order valence-electron chi connectivity index (χ2n) is 8.75. The molecule has 3 aliphatic heterocycles. The van der Waals surface area contributed by atoms with Gasteiger partial charge in [-0.1, -0.05) is 0 Å². The van der Waals surface area contributed by atoms with Crippen molar-refractivity contribution in [1.29, 1.82) is 0 Å². The highest BCUT2D eigenvalue weighted by Gasteiger charge is 2.29. The Morgan fingerprint density at radius 3 is 2.67 bits per heavy atom. The van der Waals surface area contributed by atoms with Crippen LogP contribution in [0.25, 0.3) is 5.65 Å². The maximum Gasteiger partial charge on any atom is 0.219 e. The number of aromatic nitrogens is 4. The molecule has 0 aliphatic carbocycles. The van der Waals surface area contributed by atoms with E-state index in [0.29, 0.717) is 25.6 Å². The zero-order valence-corrected chi connectivity index (χ0v) is 17.7. The summed E-state index contributed by atoms with van der Waals surface area (Å²) in [4.78, 5) is 18.4. The van der Waals surface area contributed by atoms with E-state index in [2.05, 4.69) is 26.1 Å². The summed E-state index contributed by atoms with van der Waals surface area (Å²) in [6.45, 7) is 8.74. The predicted molar refractivity (Wildman–Crippen MR) is 113 cm³/mol. The minimum absolute atomic E-state index is 0.109. The number of anilines is 1. The number of rotatable bonds is 4. The number of hydrogen-bond acceptors (Lipinski definition) is 7. The summed E-state index contributed by atoms with van der Waals surface area (Å²) in [6, 6.07) is 4.10. The van der Waals surface area contributed by atoms with Gasteiger partial charge in [-0.2, -0.15) is 4.52 Å². The van der Waals surface area contributed by atoms with Crippen molar-refractivity contribution in [2.45, 2.75) is 44.6 Å². The summed E-state index contributed by atoms with van der Waals surface area (Å²) in [7, 11) is 0. The van der Waals surface area contributed by atoms with Crippen molar-refractivity contribution in [3.8, 4) is 0 Å². The normalized spacial score (nSPS) is 24.1. The molecule has 3 aliphatic rings. The number of likely N-dealkylation sites (tertiary alicyclic amines) is 1. The molecule has 1 atom stereocenters. The van der Waals surface area contributed by atoms with Gasteiger partial charge < -0.3 is 19.4 Å². The number of ether oxygens (including phenoxy) is 1. The van der Waals surface area contributed by atoms with Gasteiger partial charge in [0.05, 0.1) is 12.7 Å². The van der Waals surface area contributed by atoms with Crippen molar-refractivity contribution in [2.24, 2.45) is 0 Å². The first-order chi connectivity index (χ1) is 14.7. The molecule has 0 spiro atoms. The van der Waals surface area contributed by atoms with E-state index in [1.165, 1.54) is 12.8 Å². The Balaban J connectivity index is 1.22. The molecule has 3 saturated heterocycles. The number of hydrogen-bond donors (Lipinski definition) is 0. The third-order valence-electron chi connectivity index (χ3n) is 6.70. The van der Waals surface area contributed by atoms with Crippen LogP contribution in [-0.2, 0) is 9.53 Å². The monoisotopic (exact) mass is 413 g/mol. The molecule has 2 aromatic rings. The molecule has 3 fully saturated rings. The van der Waals surface area contributed by atoms with Gasteiger partial charge in [0.2, 0.25) is 5.91 Å². The van der Waals surface area contributed by atoms with E-state index in [0.717, 1.165) is 62.9 Å². The average molecular weight is 414 g/mol. The lowest BCUT2D eigenvalue weighted by molar-refractivity contribution is -0.137. The van der Waals surface area contributed by atoms with Crippen LogP contribution in [0.5, 0.6) is 0 Å². The Kier molecular flexibility index (Phi) is 5.56. The molecule has 162 valence electrons.